The van der Waals surface area contributed by atoms with Crippen LogP contribution in [0.5, 0.6) is 0 Å². The second-order valence-electron chi connectivity index (χ2n) is 6.31. The van der Waals surface area contributed by atoms with Crippen molar-refractivity contribution >= 4 is 0 Å². The first-order valence-corrected chi connectivity index (χ1v) is 6.11. The Labute approximate surface area is 100 Å². The van der Waals surface area contributed by atoms with Gasteiger partial charge in [-0.3, -0.25) is 0 Å². The fourth-order valence-electron chi connectivity index (χ4n) is 2.37. The maximum absolute atomic E-state index is 6.04. The summed E-state index contributed by atoms with van der Waals surface area (Å²) in [7, 11) is 0. The van der Waals surface area contributed by atoms with Crippen molar-refractivity contribution in [3.05, 3.63) is 0 Å². The summed E-state index contributed by atoms with van der Waals surface area (Å²) in [5.41, 5.74) is -0.0160. The monoisotopic (exact) mass is 223 g/mol. The molecule has 2 unspecified atom stereocenters. The fourth-order valence-corrected chi connectivity index (χ4v) is 2.37. The van der Waals surface area contributed by atoms with Crippen molar-refractivity contribution in [2.24, 2.45) is 5.92 Å². The van der Waals surface area contributed by atoms with E-state index in [0.717, 1.165) is 13.0 Å². The second kappa shape index (κ2) is 4.30. The Morgan fingerprint density at radius 3 is 2.31 bits per heavy atom. The SMILES string of the molecule is C#CN1CC(OC(C)(C)C)CC1(C)C(C)C. The molecule has 0 amide bonds. The third kappa shape index (κ3) is 2.71. The number of rotatable bonds is 2. The molecule has 1 aliphatic rings. The maximum atomic E-state index is 6.04. The van der Waals surface area contributed by atoms with Gasteiger partial charge in [-0.05, 0) is 40.0 Å². The minimum Gasteiger partial charge on any atom is -0.371 e. The quantitative estimate of drug-likeness (QED) is 0.667. The summed E-state index contributed by atoms with van der Waals surface area (Å²) in [5.74, 6) is 0.539. The van der Waals surface area contributed by atoms with Crippen LogP contribution in [0.4, 0.5) is 0 Å². The largest absolute Gasteiger partial charge is 0.371 e. The lowest BCUT2D eigenvalue weighted by Gasteiger charge is -2.36. The second-order valence-corrected chi connectivity index (χ2v) is 6.31. The van der Waals surface area contributed by atoms with Gasteiger partial charge in [-0.1, -0.05) is 20.3 Å². The predicted octanol–water partition coefficient (Wildman–Crippen LogP) is 2.88. The number of hydrogen-bond acceptors (Lipinski definition) is 2. The van der Waals surface area contributed by atoms with E-state index in [0.29, 0.717) is 5.92 Å². The fraction of sp³-hybridized carbons (Fsp3) is 0.857. The molecule has 16 heavy (non-hydrogen) atoms. The van der Waals surface area contributed by atoms with Crippen LogP contribution in [0.1, 0.15) is 48.0 Å². The molecule has 1 heterocycles. The zero-order valence-corrected chi connectivity index (χ0v) is 11.5. The smallest absolute Gasteiger partial charge is 0.0787 e. The van der Waals surface area contributed by atoms with Crippen LogP contribution >= 0.6 is 0 Å². The molecule has 0 aromatic carbocycles. The van der Waals surface area contributed by atoms with E-state index < -0.39 is 0 Å². The summed E-state index contributed by atoms with van der Waals surface area (Å²) >= 11 is 0. The average molecular weight is 223 g/mol. The molecule has 0 N–H and O–H groups in total. The molecule has 1 saturated heterocycles. The minimum absolute atomic E-state index is 0.0741. The summed E-state index contributed by atoms with van der Waals surface area (Å²) in [4.78, 5) is 2.11. The van der Waals surface area contributed by atoms with Crippen molar-refractivity contribution in [1.82, 2.24) is 4.90 Å². The predicted molar refractivity (Wildman–Crippen MR) is 68.0 cm³/mol. The van der Waals surface area contributed by atoms with Crippen molar-refractivity contribution in [3.63, 3.8) is 0 Å². The van der Waals surface area contributed by atoms with E-state index in [-0.39, 0.29) is 17.2 Å². The summed E-state index contributed by atoms with van der Waals surface area (Å²) in [6, 6.07) is 2.80. The Hall–Kier alpha value is -0.680. The number of ether oxygens (including phenoxy) is 1. The first-order chi connectivity index (χ1) is 7.19. The molecule has 0 radical (unpaired) electrons. The number of nitrogens with zero attached hydrogens (tertiary/aromatic N) is 1. The average Bonchev–Trinajstić information content (AvgIpc) is 2.40. The van der Waals surface area contributed by atoms with Gasteiger partial charge in [-0.15, -0.1) is 0 Å². The van der Waals surface area contributed by atoms with Crippen LogP contribution in [-0.4, -0.2) is 28.7 Å². The van der Waals surface area contributed by atoms with Gasteiger partial charge in [0, 0.05) is 6.04 Å². The van der Waals surface area contributed by atoms with Gasteiger partial charge in [0.2, 0.25) is 0 Å². The molecule has 1 aliphatic heterocycles. The van der Waals surface area contributed by atoms with Crippen molar-refractivity contribution in [1.29, 1.82) is 0 Å². The molecule has 2 atom stereocenters. The third-order valence-corrected chi connectivity index (χ3v) is 3.56. The van der Waals surface area contributed by atoms with Crippen molar-refractivity contribution < 1.29 is 4.74 Å². The molecule has 0 saturated carbocycles. The molecular formula is C14H25NO. The van der Waals surface area contributed by atoms with E-state index in [9.17, 15) is 0 Å². The van der Waals surface area contributed by atoms with E-state index in [1.807, 2.05) is 0 Å². The molecule has 1 rings (SSSR count). The Bertz CT molecular complexity index is 284. The molecule has 0 aromatic heterocycles. The van der Waals surface area contributed by atoms with Gasteiger partial charge >= 0.3 is 0 Å². The van der Waals surface area contributed by atoms with E-state index in [1.165, 1.54) is 0 Å². The molecule has 0 bridgehead atoms. The van der Waals surface area contributed by atoms with Crippen LogP contribution in [0.25, 0.3) is 0 Å². The first-order valence-electron chi connectivity index (χ1n) is 6.11. The highest BCUT2D eigenvalue weighted by Crippen LogP contribution is 2.37. The van der Waals surface area contributed by atoms with Gasteiger partial charge in [-0.2, -0.15) is 0 Å². The highest BCUT2D eigenvalue weighted by Gasteiger charge is 2.44. The zero-order chi connectivity index (χ0) is 12.6. The van der Waals surface area contributed by atoms with E-state index in [2.05, 4.69) is 52.5 Å². The number of hydrogen-bond donors (Lipinski definition) is 0. The molecule has 1 fully saturated rings. The molecule has 0 aromatic rings. The Morgan fingerprint density at radius 1 is 1.44 bits per heavy atom. The minimum atomic E-state index is -0.0901. The van der Waals surface area contributed by atoms with Crippen molar-refractivity contribution in [3.8, 4) is 12.5 Å². The molecule has 0 aliphatic carbocycles. The van der Waals surface area contributed by atoms with Crippen molar-refractivity contribution in [2.75, 3.05) is 6.54 Å². The van der Waals surface area contributed by atoms with Gasteiger partial charge in [0.15, 0.2) is 0 Å². The highest BCUT2D eigenvalue weighted by atomic mass is 16.5. The van der Waals surface area contributed by atoms with Gasteiger partial charge in [0.25, 0.3) is 0 Å². The normalized spacial score (nSPS) is 30.9. The Kier molecular flexibility index (Phi) is 3.59. The van der Waals surface area contributed by atoms with Gasteiger partial charge in [0.1, 0.15) is 0 Å². The highest BCUT2D eigenvalue weighted by molar-refractivity contribution is 5.07. The molecular weight excluding hydrogens is 198 g/mol. The molecule has 0 spiro atoms. The van der Waals surface area contributed by atoms with Crippen LogP contribution in [0, 0.1) is 18.4 Å². The van der Waals surface area contributed by atoms with Gasteiger partial charge < -0.3 is 9.64 Å². The summed E-state index contributed by atoms with van der Waals surface area (Å²) in [6.45, 7) is 13.8. The topological polar surface area (TPSA) is 12.5 Å². The lowest BCUT2D eigenvalue weighted by molar-refractivity contribution is -0.0540. The standard InChI is InChI=1S/C14H25NO/c1-8-15-10-12(16-13(4,5)6)9-14(15,7)11(2)3/h1,11-12H,9-10H2,2-7H3. The first kappa shape index (κ1) is 13.4. The maximum Gasteiger partial charge on any atom is 0.0787 e. The lowest BCUT2D eigenvalue weighted by atomic mass is 9.85. The van der Waals surface area contributed by atoms with Crippen LogP contribution in [0.2, 0.25) is 0 Å². The van der Waals surface area contributed by atoms with Crippen LogP contribution in [0.15, 0.2) is 0 Å². The van der Waals surface area contributed by atoms with Crippen LogP contribution in [0.3, 0.4) is 0 Å². The van der Waals surface area contributed by atoms with Crippen LogP contribution in [-0.2, 0) is 4.74 Å². The Balaban J connectivity index is 2.76. The van der Waals surface area contributed by atoms with E-state index in [1.54, 1.807) is 0 Å². The lowest BCUT2D eigenvalue weighted by Crippen LogP contribution is -2.42. The molecule has 2 nitrogen and oxygen atoms in total. The van der Waals surface area contributed by atoms with E-state index >= 15 is 0 Å². The van der Waals surface area contributed by atoms with Gasteiger partial charge in [-0.25, -0.2) is 0 Å². The number of likely N-dealkylation sites (tertiary alicyclic amines) is 1. The van der Waals surface area contributed by atoms with E-state index in [4.69, 9.17) is 11.2 Å². The number of terminal acetylenes is 1. The molecule has 92 valence electrons. The molecule has 2 heteroatoms. The summed E-state index contributed by atoms with van der Waals surface area (Å²) in [5, 5.41) is 0. The zero-order valence-electron chi connectivity index (χ0n) is 11.5. The van der Waals surface area contributed by atoms with Crippen molar-refractivity contribution in [2.45, 2.75) is 65.2 Å². The Morgan fingerprint density at radius 2 is 2.00 bits per heavy atom. The summed E-state index contributed by atoms with van der Waals surface area (Å²) in [6.07, 6.45) is 6.87. The third-order valence-electron chi connectivity index (χ3n) is 3.56. The summed E-state index contributed by atoms with van der Waals surface area (Å²) < 4.78 is 6.04. The van der Waals surface area contributed by atoms with Crippen LogP contribution < -0.4 is 0 Å². The van der Waals surface area contributed by atoms with Gasteiger partial charge in [0.05, 0.1) is 23.8 Å².